The van der Waals surface area contributed by atoms with Crippen molar-refractivity contribution in [3.63, 3.8) is 0 Å². The standard InChI is InChI=1S/C9H13F2N3OS.2ClH/c1-5-7(16-6(2)14-5)8(15)13-4-9(10,11)3-12;;/h3-4,12H2,1-2H3,(H,13,15);2*1H. The zero-order chi connectivity index (χ0) is 12.3. The number of nitrogens with one attached hydrogen (secondary N) is 1. The van der Waals surface area contributed by atoms with Crippen LogP contribution in [0.4, 0.5) is 8.78 Å². The summed E-state index contributed by atoms with van der Waals surface area (Å²) in [6, 6.07) is 0. The van der Waals surface area contributed by atoms with Crippen LogP contribution >= 0.6 is 36.2 Å². The van der Waals surface area contributed by atoms with Crippen molar-refractivity contribution in [3.8, 4) is 0 Å². The van der Waals surface area contributed by atoms with Gasteiger partial charge in [0.1, 0.15) is 4.88 Å². The van der Waals surface area contributed by atoms with E-state index in [1.807, 2.05) is 0 Å². The minimum absolute atomic E-state index is 0. The normalized spacial score (nSPS) is 10.3. The molecule has 18 heavy (non-hydrogen) atoms. The number of nitrogens with zero attached hydrogens (tertiary/aromatic N) is 1. The van der Waals surface area contributed by atoms with E-state index in [1.165, 1.54) is 11.3 Å². The molecule has 1 aromatic heterocycles. The average Bonchev–Trinajstić information content (AvgIpc) is 2.54. The Labute approximate surface area is 120 Å². The number of aromatic nitrogens is 1. The number of halogens is 4. The lowest BCUT2D eigenvalue weighted by atomic mass is 10.3. The number of rotatable bonds is 4. The molecule has 0 radical (unpaired) electrons. The molecule has 0 saturated carbocycles. The van der Waals surface area contributed by atoms with Gasteiger partial charge in [0.05, 0.1) is 23.8 Å². The predicted octanol–water partition coefficient (Wildman–Crippen LogP) is 1.93. The van der Waals surface area contributed by atoms with Crippen LogP contribution in [0.2, 0.25) is 0 Å². The molecule has 1 rings (SSSR count). The maximum absolute atomic E-state index is 12.8. The molecule has 9 heteroatoms. The van der Waals surface area contributed by atoms with Crippen molar-refractivity contribution < 1.29 is 13.6 Å². The zero-order valence-corrected chi connectivity index (χ0v) is 12.3. The molecule has 106 valence electrons. The van der Waals surface area contributed by atoms with Gasteiger partial charge in [0.25, 0.3) is 11.8 Å². The lowest BCUT2D eigenvalue weighted by Crippen LogP contribution is -2.41. The second-order valence-electron chi connectivity index (χ2n) is 3.39. The Morgan fingerprint density at radius 1 is 1.44 bits per heavy atom. The number of carbonyl (C=O) groups excluding carboxylic acids is 1. The van der Waals surface area contributed by atoms with Crippen molar-refractivity contribution in [2.75, 3.05) is 13.1 Å². The maximum atomic E-state index is 12.8. The van der Waals surface area contributed by atoms with Gasteiger partial charge in [-0.1, -0.05) is 0 Å². The number of nitrogens with two attached hydrogens (primary N) is 1. The van der Waals surface area contributed by atoms with Gasteiger partial charge in [-0.15, -0.1) is 36.2 Å². The van der Waals surface area contributed by atoms with Crippen molar-refractivity contribution in [3.05, 3.63) is 15.6 Å². The minimum Gasteiger partial charge on any atom is -0.345 e. The van der Waals surface area contributed by atoms with Crippen LogP contribution in [-0.4, -0.2) is 29.9 Å². The van der Waals surface area contributed by atoms with Gasteiger partial charge in [-0.25, -0.2) is 13.8 Å². The second kappa shape index (κ2) is 7.83. The van der Waals surface area contributed by atoms with E-state index in [0.717, 1.165) is 5.01 Å². The summed E-state index contributed by atoms with van der Waals surface area (Å²) in [4.78, 5) is 15.9. The predicted molar refractivity (Wildman–Crippen MR) is 72.4 cm³/mol. The fourth-order valence-electron chi connectivity index (χ4n) is 1.10. The van der Waals surface area contributed by atoms with Crippen LogP contribution in [0, 0.1) is 13.8 Å². The molecule has 1 amide bonds. The third-order valence-corrected chi connectivity index (χ3v) is 2.99. The zero-order valence-electron chi connectivity index (χ0n) is 9.83. The SMILES string of the molecule is Cc1nc(C)c(C(=O)NCC(F)(F)CN)s1.Cl.Cl. The summed E-state index contributed by atoms with van der Waals surface area (Å²) in [5.74, 6) is -3.60. The van der Waals surface area contributed by atoms with Crippen molar-refractivity contribution in [2.45, 2.75) is 19.8 Å². The van der Waals surface area contributed by atoms with Crippen LogP contribution in [0.3, 0.4) is 0 Å². The Morgan fingerprint density at radius 2 is 2.00 bits per heavy atom. The van der Waals surface area contributed by atoms with E-state index in [1.54, 1.807) is 13.8 Å². The lowest BCUT2D eigenvalue weighted by molar-refractivity contribution is 0.0119. The number of amides is 1. The number of hydrogen-bond donors (Lipinski definition) is 2. The Hall–Kier alpha value is -0.500. The average molecular weight is 322 g/mol. The van der Waals surface area contributed by atoms with Gasteiger partial charge in [0, 0.05) is 0 Å². The number of alkyl halides is 2. The number of carbonyl (C=O) groups is 1. The van der Waals surface area contributed by atoms with Crippen LogP contribution in [0.1, 0.15) is 20.4 Å². The summed E-state index contributed by atoms with van der Waals surface area (Å²) in [7, 11) is 0. The lowest BCUT2D eigenvalue weighted by Gasteiger charge is -2.13. The summed E-state index contributed by atoms with van der Waals surface area (Å²) < 4.78 is 25.6. The first-order valence-electron chi connectivity index (χ1n) is 4.66. The Balaban J connectivity index is 0. The Morgan fingerprint density at radius 3 is 2.39 bits per heavy atom. The molecule has 0 fully saturated rings. The van der Waals surface area contributed by atoms with Crippen molar-refractivity contribution in [1.82, 2.24) is 10.3 Å². The molecule has 0 aromatic carbocycles. The van der Waals surface area contributed by atoms with E-state index in [9.17, 15) is 13.6 Å². The highest BCUT2D eigenvalue weighted by Crippen LogP contribution is 2.17. The fraction of sp³-hybridized carbons (Fsp3) is 0.556. The van der Waals surface area contributed by atoms with E-state index in [0.29, 0.717) is 10.6 Å². The van der Waals surface area contributed by atoms with E-state index in [2.05, 4.69) is 10.3 Å². The third kappa shape index (κ3) is 5.43. The largest absolute Gasteiger partial charge is 0.345 e. The van der Waals surface area contributed by atoms with Crippen LogP contribution in [0.25, 0.3) is 0 Å². The summed E-state index contributed by atoms with van der Waals surface area (Å²) >= 11 is 1.18. The summed E-state index contributed by atoms with van der Waals surface area (Å²) in [5.41, 5.74) is 5.41. The first-order valence-corrected chi connectivity index (χ1v) is 5.47. The molecular formula is C9H15Cl2F2N3OS. The number of hydrogen-bond acceptors (Lipinski definition) is 4. The van der Waals surface area contributed by atoms with Crippen molar-refractivity contribution >= 4 is 42.1 Å². The van der Waals surface area contributed by atoms with Crippen molar-refractivity contribution in [1.29, 1.82) is 0 Å². The molecule has 0 aliphatic rings. The molecule has 0 aliphatic carbocycles. The van der Waals surface area contributed by atoms with Gasteiger partial charge in [0.2, 0.25) is 0 Å². The van der Waals surface area contributed by atoms with E-state index in [-0.39, 0.29) is 24.8 Å². The van der Waals surface area contributed by atoms with Crippen molar-refractivity contribution in [2.24, 2.45) is 5.73 Å². The first-order chi connectivity index (χ1) is 7.35. The highest BCUT2D eigenvalue weighted by Gasteiger charge is 2.28. The number of aryl methyl sites for hydroxylation is 2. The maximum Gasteiger partial charge on any atom is 0.277 e. The van der Waals surface area contributed by atoms with Gasteiger partial charge >= 0.3 is 0 Å². The molecule has 0 atom stereocenters. The molecular weight excluding hydrogens is 307 g/mol. The van der Waals surface area contributed by atoms with Gasteiger partial charge in [-0.05, 0) is 13.8 Å². The molecule has 0 aliphatic heterocycles. The molecule has 1 aromatic rings. The van der Waals surface area contributed by atoms with Crippen LogP contribution in [-0.2, 0) is 0 Å². The second-order valence-corrected chi connectivity index (χ2v) is 4.59. The van der Waals surface area contributed by atoms with Gasteiger partial charge in [0.15, 0.2) is 0 Å². The topological polar surface area (TPSA) is 68.0 Å². The summed E-state index contributed by atoms with van der Waals surface area (Å²) in [6.07, 6.45) is 0. The smallest absolute Gasteiger partial charge is 0.277 e. The van der Waals surface area contributed by atoms with Gasteiger partial charge < -0.3 is 11.1 Å². The highest BCUT2D eigenvalue weighted by molar-refractivity contribution is 7.13. The van der Waals surface area contributed by atoms with E-state index >= 15 is 0 Å². The first kappa shape index (κ1) is 19.8. The molecule has 0 unspecified atom stereocenters. The third-order valence-electron chi connectivity index (χ3n) is 1.92. The Bertz CT molecular complexity index is 401. The monoisotopic (exact) mass is 321 g/mol. The molecule has 4 nitrogen and oxygen atoms in total. The summed E-state index contributed by atoms with van der Waals surface area (Å²) in [6.45, 7) is 1.88. The fourth-order valence-corrected chi connectivity index (χ4v) is 1.94. The van der Waals surface area contributed by atoms with Crippen LogP contribution in [0.15, 0.2) is 0 Å². The minimum atomic E-state index is -3.07. The molecule has 0 bridgehead atoms. The van der Waals surface area contributed by atoms with Gasteiger partial charge in [-0.2, -0.15) is 0 Å². The molecule has 1 heterocycles. The molecule has 3 N–H and O–H groups in total. The molecule has 0 saturated heterocycles. The van der Waals surface area contributed by atoms with Crippen LogP contribution < -0.4 is 11.1 Å². The number of thiazole rings is 1. The van der Waals surface area contributed by atoms with Gasteiger partial charge in [-0.3, -0.25) is 4.79 Å². The molecule has 0 spiro atoms. The summed E-state index contributed by atoms with van der Waals surface area (Å²) in [5, 5.41) is 2.88. The van der Waals surface area contributed by atoms with E-state index < -0.39 is 24.9 Å². The van der Waals surface area contributed by atoms with Crippen LogP contribution in [0.5, 0.6) is 0 Å². The Kier molecular flexibility index (Phi) is 8.63. The van der Waals surface area contributed by atoms with E-state index in [4.69, 9.17) is 5.73 Å². The quantitative estimate of drug-likeness (QED) is 0.890. The highest BCUT2D eigenvalue weighted by atomic mass is 35.5.